The molecule has 0 aromatic heterocycles. The van der Waals surface area contributed by atoms with E-state index in [9.17, 15) is 0 Å². The largest absolute Gasteiger partial charge is 0.309 e. The van der Waals surface area contributed by atoms with E-state index >= 15 is 0 Å². The summed E-state index contributed by atoms with van der Waals surface area (Å²) >= 11 is 12.2. The van der Waals surface area contributed by atoms with Crippen LogP contribution in [0.15, 0.2) is 18.2 Å². The summed E-state index contributed by atoms with van der Waals surface area (Å²) in [6, 6.07) is 5.79. The molecule has 112 valence electrons. The minimum Gasteiger partial charge on any atom is -0.309 e. The van der Waals surface area contributed by atoms with E-state index in [1.54, 1.807) is 0 Å². The highest BCUT2D eigenvalue weighted by atomic mass is 35.5. The van der Waals surface area contributed by atoms with E-state index in [0.29, 0.717) is 10.6 Å². The van der Waals surface area contributed by atoms with Gasteiger partial charge in [-0.3, -0.25) is 4.90 Å². The Kier molecular flexibility index (Phi) is 5.74. The quantitative estimate of drug-likeness (QED) is 0.883. The Morgan fingerprint density at radius 2 is 2.00 bits per heavy atom. The molecule has 4 heteroatoms. The molecule has 1 fully saturated rings. The first-order valence-corrected chi connectivity index (χ1v) is 8.25. The smallest absolute Gasteiger partial charge is 0.0453 e. The van der Waals surface area contributed by atoms with Crippen LogP contribution in [0, 0.1) is 0 Å². The van der Waals surface area contributed by atoms with Crippen molar-refractivity contribution >= 4 is 23.2 Å². The van der Waals surface area contributed by atoms with Crippen molar-refractivity contribution in [3.05, 3.63) is 33.8 Å². The molecular weight excluding hydrogens is 291 g/mol. The lowest BCUT2D eigenvalue weighted by atomic mass is 9.90. The van der Waals surface area contributed by atoms with Crippen LogP contribution in [0.25, 0.3) is 0 Å². The second-order valence-electron chi connectivity index (χ2n) is 5.68. The molecule has 0 unspecified atom stereocenters. The SMILES string of the molecule is CCC1(CC)CN(CCc2ccc(Cl)cc2Cl)CCN1. The molecule has 2 nitrogen and oxygen atoms in total. The molecule has 0 radical (unpaired) electrons. The van der Waals surface area contributed by atoms with Crippen LogP contribution in [0.4, 0.5) is 0 Å². The first-order valence-electron chi connectivity index (χ1n) is 7.50. The Morgan fingerprint density at radius 3 is 2.65 bits per heavy atom. The van der Waals surface area contributed by atoms with Crippen molar-refractivity contribution in [2.24, 2.45) is 0 Å². The summed E-state index contributed by atoms with van der Waals surface area (Å²) in [5, 5.41) is 5.18. The van der Waals surface area contributed by atoms with E-state index in [0.717, 1.165) is 37.6 Å². The van der Waals surface area contributed by atoms with Crippen LogP contribution in [0.3, 0.4) is 0 Å². The van der Waals surface area contributed by atoms with E-state index < -0.39 is 0 Å². The highest BCUT2D eigenvalue weighted by molar-refractivity contribution is 6.35. The predicted molar refractivity (Wildman–Crippen MR) is 87.9 cm³/mol. The van der Waals surface area contributed by atoms with Crippen LogP contribution < -0.4 is 5.32 Å². The molecule has 1 aromatic carbocycles. The Labute approximate surface area is 132 Å². The van der Waals surface area contributed by atoms with Crippen molar-refractivity contribution in [1.82, 2.24) is 10.2 Å². The zero-order valence-electron chi connectivity index (χ0n) is 12.4. The van der Waals surface area contributed by atoms with Gasteiger partial charge in [0.2, 0.25) is 0 Å². The van der Waals surface area contributed by atoms with E-state index in [1.807, 2.05) is 18.2 Å². The third kappa shape index (κ3) is 3.88. The number of hydrogen-bond acceptors (Lipinski definition) is 2. The molecular formula is C16H24Cl2N2. The maximum absolute atomic E-state index is 6.24. The monoisotopic (exact) mass is 314 g/mol. The van der Waals surface area contributed by atoms with E-state index in [1.165, 1.54) is 18.4 Å². The van der Waals surface area contributed by atoms with Gasteiger partial charge in [-0.1, -0.05) is 43.1 Å². The van der Waals surface area contributed by atoms with Gasteiger partial charge in [0.25, 0.3) is 0 Å². The molecule has 1 heterocycles. The minimum absolute atomic E-state index is 0.294. The van der Waals surface area contributed by atoms with Gasteiger partial charge in [0.05, 0.1) is 0 Å². The van der Waals surface area contributed by atoms with Crippen LogP contribution in [0.1, 0.15) is 32.3 Å². The Bertz CT molecular complexity index is 444. The van der Waals surface area contributed by atoms with Gasteiger partial charge in [0.15, 0.2) is 0 Å². The summed E-state index contributed by atoms with van der Waals surface area (Å²) in [5.41, 5.74) is 1.48. The molecule has 1 aromatic rings. The highest BCUT2D eigenvalue weighted by Crippen LogP contribution is 2.23. The van der Waals surface area contributed by atoms with Crippen molar-refractivity contribution in [2.75, 3.05) is 26.2 Å². The molecule has 2 rings (SSSR count). The van der Waals surface area contributed by atoms with Gasteiger partial charge in [-0.25, -0.2) is 0 Å². The zero-order chi connectivity index (χ0) is 14.6. The molecule has 1 N–H and O–H groups in total. The number of nitrogens with zero attached hydrogens (tertiary/aromatic N) is 1. The highest BCUT2D eigenvalue weighted by Gasteiger charge is 2.31. The number of benzene rings is 1. The Balaban J connectivity index is 1.93. The summed E-state index contributed by atoms with van der Waals surface area (Å²) in [6.07, 6.45) is 3.35. The third-order valence-corrected chi connectivity index (χ3v) is 5.11. The predicted octanol–water partition coefficient (Wildman–Crippen LogP) is 4.00. The van der Waals surface area contributed by atoms with Gasteiger partial charge in [-0.2, -0.15) is 0 Å². The van der Waals surface area contributed by atoms with Crippen molar-refractivity contribution < 1.29 is 0 Å². The van der Waals surface area contributed by atoms with Gasteiger partial charge in [0, 0.05) is 41.8 Å². The van der Waals surface area contributed by atoms with Gasteiger partial charge in [-0.05, 0) is 37.0 Å². The summed E-state index contributed by atoms with van der Waals surface area (Å²) in [5.74, 6) is 0. The summed E-state index contributed by atoms with van der Waals surface area (Å²) in [7, 11) is 0. The van der Waals surface area contributed by atoms with Crippen molar-refractivity contribution in [3.63, 3.8) is 0 Å². The average molecular weight is 315 g/mol. The normalized spacial score (nSPS) is 19.2. The van der Waals surface area contributed by atoms with Crippen LogP contribution in [0.5, 0.6) is 0 Å². The Morgan fingerprint density at radius 1 is 1.25 bits per heavy atom. The van der Waals surface area contributed by atoms with Crippen LogP contribution in [-0.2, 0) is 6.42 Å². The summed E-state index contributed by atoms with van der Waals surface area (Å²) in [6.45, 7) is 8.94. The number of hydrogen-bond donors (Lipinski definition) is 1. The molecule has 1 aliphatic rings. The van der Waals surface area contributed by atoms with Crippen molar-refractivity contribution in [2.45, 2.75) is 38.6 Å². The second kappa shape index (κ2) is 7.13. The van der Waals surface area contributed by atoms with Crippen LogP contribution in [-0.4, -0.2) is 36.6 Å². The lowest BCUT2D eigenvalue weighted by Gasteiger charge is -2.43. The van der Waals surface area contributed by atoms with E-state index in [4.69, 9.17) is 23.2 Å². The zero-order valence-corrected chi connectivity index (χ0v) is 13.9. The fourth-order valence-corrected chi connectivity index (χ4v) is 3.46. The molecule has 0 saturated carbocycles. The van der Waals surface area contributed by atoms with E-state index in [-0.39, 0.29) is 0 Å². The van der Waals surface area contributed by atoms with Crippen LogP contribution in [0.2, 0.25) is 10.0 Å². The molecule has 0 aliphatic carbocycles. The van der Waals surface area contributed by atoms with E-state index in [2.05, 4.69) is 24.1 Å². The fraction of sp³-hybridized carbons (Fsp3) is 0.625. The first kappa shape index (κ1) is 16.1. The molecule has 20 heavy (non-hydrogen) atoms. The lowest BCUT2D eigenvalue weighted by molar-refractivity contribution is 0.125. The number of nitrogens with one attached hydrogen (secondary N) is 1. The minimum atomic E-state index is 0.294. The molecule has 0 spiro atoms. The molecule has 1 saturated heterocycles. The van der Waals surface area contributed by atoms with Gasteiger partial charge in [0.1, 0.15) is 0 Å². The topological polar surface area (TPSA) is 15.3 Å². The fourth-order valence-electron chi connectivity index (χ4n) is 2.96. The number of piperazine rings is 1. The molecule has 0 amide bonds. The molecule has 1 aliphatic heterocycles. The average Bonchev–Trinajstić information content (AvgIpc) is 2.46. The second-order valence-corrected chi connectivity index (χ2v) is 6.52. The van der Waals surface area contributed by atoms with Crippen molar-refractivity contribution in [1.29, 1.82) is 0 Å². The molecule has 0 bridgehead atoms. The standard InChI is InChI=1S/C16H24Cl2N2/c1-3-16(4-2)12-20(10-8-19-16)9-7-13-5-6-14(17)11-15(13)18/h5-6,11,19H,3-4,7-10,12H2,1-2H3. The van der Waals surface area contributed by atoms with Gasteiger partial charge >= 0.3 is 0 Å². The van der Waals surface area contributed by atoms with Gasteiger partial charge < -0.3 is 5.32 Å². The maximum Gasteiger partial charge on any atom is 0.0453 e. The van der Waals surface area contributed by atoms with Crippen LogP contribution >= 0.6 is 23.2 Å². The van der Waals surface area contributed by atoms with Gasteiger partial charge in [-0.15, -0.1) is 0 Å². The summed E-state index contributed by atoms with van der Waals surface area (Å²) in [4.78, 5) is 2.55. The Hall–Kier alpha value is -0.280. The third-order valence-electron chi connectivity index (χ3n) is 4.52. The van der Waals surface area contributed by atoms with Crippen molar-refractivity contribution in [3.8, 4) is 0 Å². The summed E-state index contributed by atoms with van der Waals surface area (Å²) < 4.78 is 0. The maximum atomic E-state index is 6.24. The number of rotatable bonds is 5. The molecule has 0 atom stereocenters. The lowest BCUT2D eigenvalue weighted by Crippen LogP contribution is -2.60. The number of halogens is 2. The first-order chi connectivity index (χ1) is 9.58.